The number of nitrogens with zero attached hydrogens (tertiary/aromatic N) is 2. The van der Waals surface area contributed by atoms with Crippen molar-refractivity contribution in [3.05, 3.63) is 22.7 Å². The Balaban J connectivity index is 2.96. The monoisotopic (exact) mass is 155 g/mol. The maximum absolute atomic E-state index is 10.8. The van der Waals surface area contributed by atoms with Gasteiger partial charge in [-0.2, -0.15) is 4.98 Å². The number of rotatable bonds is 2. The fourth-order valence-electron chi connectivity index (χ4n) is 0.625. The first-order valence-electron chi connectivity index (χ1n) is 3.21. The first-order chi connectivity index (χ1) is 5.24. The Morgan fingerprint density at radius 2 is 2.55 bits per heavy atom. The predicted molar refractivity (Wildman–Crippen MR) is 39.8 cm³/mol. The highest BCUT2D eigenvalue weighted by Gasteiger charge is 1.95. The van der Waals surface area contributed by atoms with Gasteiger partial charge in [0.05, 0.1) is 6.61 Å². The molecule has 0 fully saturated rings. The summed E-state index contributed by atoms with van der Waals surface area (Å²) in [5.41, 5.74) is -0.518. The van der Waals surface area contributed by atoms with E-state index < -0.39 is 5.69 Å². The van der Waals surface area contributed by atoms with E-state index in [4.69, 9.17) is 10.6 Å². The minimum absolute atomic E-state index is 0.305. The van der Waals surface area contributed by atoms with E-state index in [1.54, 1.807) is 0 Å². The molecule has 5 heteroatoms. The van der Waals surface area contributed by atoms with Crippen molar-refractivity contribution < 1.29 is 4.74 Å². The molecular formula is C6H9N3O2. The quantitative estimate of drug-likeness (QED) is 0.576. The zero-order valence-electron chi connectivity index (χ0n) is 6.15. The van der Waals surface area contributed by atoms with E-state index in [0.29, 0.717) is 12.5 Å². The van der Waals surface area contributed by atoms with Gasteiger partial charge in [-0.05, 0) is 6.92 Å². The van der Waals surface area contributed by atoms with Crippen molar-refractivity contribution in [3.8, 4) is 5.88 Å². The van der Waals surface area contributed by atoms with Gasteiger partial charge in [-0.15, -0.1) is 0 Å². The minimum Gasteiger partial charge on any atom is -0.478 e. The zero-order valence-corrected chi connectivity index (χ0v) is 6.15. The van der Waals surface area contributed by atoms with Crippen LogP contribution < -0.4 is 16.3 Å². The molecule has 0 radical (unpaired) electrons. The largest absolute Gasteiger partial charge is 0.478 e. The molecule has 0 spiro atoms. The molecule has 5 nitrogen and oxygen atoms in total. The molecule has 0 bridgehead atoms. The van der Waals surface area contributed by atoms with E-state index in [1.165, 1.54) is 12.3 Å². The molecule has 0 saturated carbocycles. The van der Waals surface area contributed by atoms with E-state index in [-0.39, 0.29) is 0 Å². The highest BCUT2D eigenvalue weighted by atomic mass is 16.5. The van der Waals surface area contributed by atoms with Crippen LogP contribution in [0.2, 0.25) is 0 Å². The van der Waals surface area contributed by atoms with Gasteiger partial charge in [-0.25, -0.2) is 9.47 Å². The van der Waals surface area contributed by atoms with Crippen LogP contribution in [0.25, 0.3) is 0 Å². The Kier molecular flexibility index (Phi) is 2.10. The Bertz CT molecular complexity index is 294. The third-order valence-corrected chi connectivity index (χ3v) is 1.10. The number of nitrogen functional groups attached to an aromatic ring is 1. The third-order valence-electron chi connectivity index (χ3n) is 1.10. The molecule has 2 N–H and O–H groups in total. The molecule has 0 atom stereocenters. The lowest BCUT2D eigenvalue weighted by atomic mass is 10.6. The topological polar surface area (TPSA) is 70.1 Å². The van der Waals surface area contributed by atoms with Crippen LogP contribution in [0.4, 0.5) is 0 Å². The maximum atomic E-state index is 10.8. The molecule has 0 saturated heterocycles. The van der Waals surface area contributed by atoms with Crippen molar-refractivity contribution in [2.75, 3.05) is 12.4 Å². The molecule has 0 aliphatic carbocycles. The fraction of sp³-hybridized carbons (Fsp3) is 0.333. The van der Waals surface area contributed by atoms with Crippen molar-refractivity contribution in [1.29, 1.82) is 0 Å². The van der Waals surface area contributed by atoms with Gasteiger partial charge in [-0.3, -0.25) is 0 Å². The van der Waals surface area contributed by atoms with Crippen molar-refractivity contribution in [3.63, 3.8) is 0 Å². The number of aromatic nitrogens is 2. The average molecular weight is 155 g/mol. The first kappa shape index (κ1) is 7.59. The summed E-state index contributed by atoms with van der Waals surface area (Å²) in [5, 5.41) is 0. The molecule has 60 valence electrons. The molecule has 0 unspecified atom stereocenters. The highest BCUT2D eigenvalue weighted by Crippen LogP contribution is 1.98. The molecule has 0 aromatic carbocycles. The second kappa shape index (κ2) is 3.05. The zero-order chi connectivity index (χ0) is 8.27. The van der Waals surface area contributed by atoms with Crippen LogP contribution in [0.5, 0.6) is 5.88 Å². The van der Waals surface area contributed by atoms with Gasteiger partial charge in [0.15, 0.2) is 0 Å². The maximum Gasteiger partial charge on any atom is 0.369 e. The molecular weight excluding hydrogens is 146 g/mol. The van der Waals surface area contributed by atoms with Crippen molar-refractivity contribution in [2.45, 2.75) is 6.92 Å². The lowest BCUT2D eigenvalue weighted by molar-refractivity contribution is 0.324. The summed E-state index contributed by atoms with van der Waals surface area (Å²) in [5.74, 6) is 5.48. The number of hydrogen-bond donors (Lipinski definition) is 1. The van der Waals surface area contributed by atoms with Crippen LogP contribution in [0.1, 0.15) is 6.92 Å². The van der Waals surface area contributed by atoms with Gasteiger partial charge in [0, 0.05) is 12.3 Å². The summed E-state index contributed by atoms with van der Waals surface area (Å²) < 4.78 is 5.85. The summed E-state index contributed by atoms with van der Waals surface area (Å²) in [4.78, 5) is 14.3. The van der Waals surface area contributed by atoms with Gasteiger partial charge in [0.1, 0.15) is 0 Å². The average Bonchev–Trinajstić information content (AvgIpc) is 1.98. The molecule has 1 aromatic rings. The molecule has 1 rings (SSSR count). The molecule has 0 aliphatic heterocycles. The Labute approximate surface area is 63.4 Å². The number of ether oxygens (including phenoxy) is 1. The van der Waals surface area contributed by atoms with E-state index in [1.807, 2.05) is 6.92 Å². The summed E-state index contributed by atoms with van der Waals surface area (Å²) >= 11 is 0. The van der Waals surface area contributed by atoms with Gasteiger partial charge in [0.25, 0.3) is 0 Å². The van der Waals surface area contributed by atoms with Gasteiger partial charge in [-0.1, -0.05) is 0 Å². The van der Waals surface area contributed by atoms with E-state index in [9.17, 15) is 4.79 Å². The van der Waals surface area contributed by atoms with E-state index in [0.717, 1.165) is 4.68 Å². The molecule has 1 aromatic heterocycles. The summed E-state index contributed by atoms with van der Waals surface area (Å²) in [7, 11) is 0. The molecule has 1 heterocycles. The Morgan fingerprint density at radius 1 is 1.82 bits per heavy atom. The van der Waals surface area contributed by atoms with Gasteiger partial charge < -0.3 is 10.6 Å². The molecule has 0 amide bonds. The van der Waals surface area contributed by atoms with Crippen LogP contribution in [-0.4, -0.2) is 16.3 Å². The fourth-order valence-corrected chi connectivity index (χ4v) is 0.625. The van der Waals surface area contributed by atoms with Crippen LogP contribution >= 0.6 is 0 Å². The lowest BCUT2D eigenvalue weighted by Gasteiger charge is -2.00. The van der Waals surface area contributed by atoms with Gasteiger partial charge >= 0.3 is 5.69 Å². The van der Waals surface area contributed by atoms with E-state index >= 15 is 0 Å². The lowest BCUT2D eigenvalue weighted by Crippen LogP contribution is -2.28. The van der Waals surface area contributed by atoms with Crippen LogP contribution in [0, 0.1) is 0 Å². The summed E-state index contributed by atoms with van der Waals surface area (Å²) in [6, 6.07) is 1.53. The van der Waals surface area contributed by atoms with Crippen molar-refractivity contribution in [1.82, 2.24) is 9.66 Å². The highest BCUT2D eigenvalue weighted by molar-refractivity contribution is 5.05. The summed E-state index contributed by atoms with van der Waals surface area (Å²) in [6.45, 7) is 2.30. The van der Waals surface area contributed by atoms with E-state index in [2.05, 4.69) is 4.98 Å². The van der Waals surface area contributed by atoms with Gasteiger partial charge in [0.2, 0.25) is 5.88 Å². The normalized spacial score (nSPS) is 9.55. The Hall–Kier alpha value is -1.52. The number of hydrogen-bond acceptors (Lipinski definition) is 4. The van der Waals surface area contributed by atoms with Crippen LogP contribution in [0.15, 0.2) is 17.1 Å². The Morgan fingerprint density at radius 3 is 3.09 bits per heavy atom. The van der Waals surface area contributed by atoms with Crippen molar-refractivity contribution in [2.24, 2.45) is 0 Å². The third kappa shape index (κ3) is 1.70. The smallest absolute Gasteiger partial charge is 0.369 e. The minimum atomic E-state index is -0.518. The number of nitrogens with two attached hydrogens (primary N) is 1. The van der Waals surface area contributed by atoms with Crippen molar-refractivity contribution >= 4 is 0 Å². The second-order valence-corrected chi connectivity index (χ2v) is 1.89. The molecule has 11 heavy (non-hydrogen) atoms. The first-order valence-corrected chi connectivity index (χ1v) is 3.21. The molecule has 0 aliphatic rings. The predicted octanol–water partition coefficient (Wildman–Crippen LogP) is -0.644. The standard InChI is InChI=1S/C6H9N3O2/c1-2-11-5-3-4-9(7)6(10)8-5/h3-4H,2,7H2,1H3. The van der Waals surface area contributed by atoms with Crippen LogP contribution in [0.3, 0.4) is 0 Å². The van der Waals surface area contributed by atoms with Crippen LogP contribution in [-0.2, 0) is 0 Å². The second-order valence-electron chi connectivity index (χ2n) is 1.89. The summed E-state index contributed by atoms with van der Waals surface area (Å²) in [6.07, 6.45) is 1.40. The SMILES string of the molecule is CCOc1ccn(N)c(=O)n1.